The maximum Gasteiger partial charge on any atom is 0.241 e. The van der Waals surface area contributed by atoms with E-state index in [1.807, 2.05) is 52.8 Å². The topological polar surface area (TPSA) is 81.2 Å². The van der Waals surface area contributed by atoms with Gasteiger partial charge in [0.1, 0.15) is 6.26 Å². The molecule has 5 heteroatoms. The van der Waals surface area contributed by atoms with Crippen molar-refractivity contribution < 1.29 is 9.21 Å². The highest BCUT2D eigenvalue weighted by molar-refractivity contribution is 5.95. The molecule has 3 N–H and O–H groups in total. The average Bonchev–Trinajstić information content (AvgIpc) is 2.85. The molecule has 1 aromatic carbocycles. The van der Waals surface area contributed by atoms with Crippen LogP contribution in [0.3, 0.4) is 0 Å². The van der Waals surface area contributed by atoms with E-state index in [0.717, 1.165) is 16.8 Å². The lowest BCUT2D eigenvalue weighted by Gasteiger charge is -2.25. The molecule has 1 aromatic heterocycles. The predicted molar refractivity (Wildman–Crippen MR) is 87.5 cm³/mol. The van der Waals surface area contributed by atoms with Gasteiger partial charge in [0.25, 0.3) is 0 Å². The second kappa shape index (κ2) is 5.93. The van der Waals surface area contributed by atoms with Crippen LogP contribution < -0.4 is 11.1 Å². The van der Waals surface area contributed by atoms with Crippen molar-refractivity contribution in [3.05, 3.63) is 35.7 Å². The van der Waals surface area contributed by atoms with E-state index in [4.69, 9.17) is 10.2 Å². The molecule has 0 saturated carbocycles. The van der Waals surface area contributed by atoms with Crippen LogP contribution in [-0.4, -0.2) is 16.9 Å². The zero-order chi connectivity index (χ0) is 16.5. The summed E-state index contributed by atoms with van der Waals surface area (Å²) in [6, 6.07) is 5.05. The first-order chi connectivity index (χ1) is 10.2. The van der Waals surface area contributed by atoms with Crippen molar-refractivity contribution in [3.8, 4) is 11.5 Å². The molecule has 0 radical (unpaired) electrons. The molecule has 1 heterocycles. The molecular weight excluding hydrogens is 278 g/mol. The third-order valence-electron chi connectivity index (χ3n) is 3.57. The number of aromatic nitrogens is 1. The summed E-state index contributed by atoms with van der Waals surface area (Å²) in [5.74, 6) is 0.345. The molecule has 0 spiro atoms. The van der Waals surface area contributed by atoms with Crippen LogP contribution in [0.25, 0.3) is 11.5 Å². The number of amides is 1. The fraction of sp³-hybridized carbons (Fsp3) is 0.412. The van der Waals surface area contributed by atoms with E-state index in [9.17, 15) is 4.79 Å². The molecule has 0 fully saturated rings. The second-order valence-corrected chi connectivity index (χ2v) is 6.66. The molecule has 0 saturated heterocycles. The number of aryl methyl sites for hydroxylation is 2. The van der Waals surface area contributed by atoms with Crippen molar-refractivity contribution in [2.45, 2.75) is 40.7 Å². The third-order valence-corrected chi connectivity index (χ3v) is 3.57. The molecule has 2 rings (SSSR count). The summed E-state index contributed by atoms with van der Waals surface area (Å²) in [5.41, 5.74) is 9.07. The van der Waals surface area contributed by atoms with Crippen molar-refractivity contribution in [3.63, 3.8) is 0 Å². The summed E-state index contributed by atoms with van der Waals surface area (Å²) < 4.78 is 5.44. The first kappa shape index (κ1) is 16.2. The van der Waals surface area contributed by atoms with Crippen LogP contribution in [0.15, 0.2) is 28.9 Å². The molecule has 2 aromatic rings. The Morgan fingerprint density at radius 2 is 2.00 bits per heavy atom. The highest BCUT2D eigenvalue weighted by Crippen LogP contribution is 2.26. The van der Waals surface area contributed by atoms with Gasteiger partial charge < -0.3 is 15.5 Å². The fourth-order valence-corrected chi connectivity index (χ4v) is 2.02. The van der Waals surface area contributed by atoms with Gasteiger partial charge in [0, 0.05) is 11.3 Å². The number of benzene rings is 1. The van der Waals surface area contributed by atoms with Gasteiger partial charge >= 0.3 is 0 Å². The van der Waals surface area contributed by atoms with Gasteiger partial charge in [-0.2, -0.15) is 0 Å². The van der Waals surface area contributed by atoms with E-state index < -0.39 is 6.04 Å². The highest BCUT2D eigenvalue weighted by atomic mass is 16.3. The number of rotatable bonds is 3. The molecule has 0 aliphatic carbocycles. The summed E-state index contributed by atoms with van der Waals surface area (Å²) in [7, 11) is 0. The van der Waals surface area contributed by atoms with Crippen LogP contribution in [0.5, 0.6) is 0 Å². The normalized spacial score (nSPS) is 13.0. The summed E-state index contributed by atoms with van der Waals surface area (Å²) in [6.07, 6.45) is 1.61. The van der Waals surface area contributed by atoms with E-state index in [-0.39, 0.29) is 11.3 Å². The first-order valence-corrected chi connectivity index (χ1v) is 7.28. The Labute approximate surface area is 130 Å². The van der Waals surface area contributed by atoms with Gasteiger partial charge in [0.2, 0.25) is 11.8 Å². The third kappa shape index (κ3) is 3.54. The van der Waals surface area contributed by atoms with Crippen molar-refractivity contribution >= 4 is 11.6 Å². The lowest BCUT2D eigenvalue weighted by molar-refractivity contribution is -0.119. The molecule has 5 nitrogen and oxygen atoms in total. The van der Waals surface area contributed by atoms with Gasteiger partial charge in [0.15, 0.2) is 0 Å². The summed E-state index contributed by atoms with van der Waals surface area (Å²) in [4.78, 5) is 16.6. The van der Waals surface area contributed by atoms with Crippen LogP contribution in [0, 0.1) is 19.3 Å². The Kier molecular flexibility index (Phi) is 4.37. The SMILES string of the molecule is Cc1coc(-c2cc(NC(=O)[C@@H](N)C(C)(C)C)ccc2C)n1. The van der Waals surface area contributed by atoms with E-state index in [2.05, 4.69) is 10.3 Å². The Morgan fingerprint density at radius 3 is 2.55 bits per heavy atom. The average molecular weight is 301 g/mol. The molecule has 0 bridgehead atoms. The molecule has 22 heavy (non-hydrogen) atoms. The van der Waals surface area contributed by atoms with Crippen molar-refractivity contribution in [1.29, 1.82) is 0 Å². The van der Waals surface area contributed by atoms with Crippen LogP contribution >= 0.6 is 0 Å². The minimum atomic E-state index is -0.582. The Balaban J connectivity index is 2.25. The maximum absolute atomic E-state index is 12.2. The number of nitrogens with zero attached hydrogens (tertiary/aromatic N) is 1. The number of carbonyl (C=O) groups excluding carboxylic acids is 1. The minimum absolute atomic E-state index is 0.203. The van der Waals surface area contributed by atoms with Crippen LogP contribution in [0.2, 0.25) is 0 Å². The number of nitrogens with one attached hydrogen (secondary N) is 1. The number of anilines is 1. The lowest BCUT2D eigenvalue weighted by Crippen LogP contribution is -2.45. The monoisotopic (exact) mass is 301 g/mol. The number of oxazole rings is 1. The van der Waals surface area contributed by atoms with E-state index >= 15 is 0 Å². The van der Waals surface area contributed by atoms with Gasteiger partial charge in [-0.15, -0.1) is 0 Å². The Hall–Kier alpha value is -2.14. The predicted octanol–water partition coefficient (Wildman–Crippen LogP) is 3.27. The molecule has 0 unspecified atom stereocenters. The zero-order valence-corrected chi connectivity index (χ0v) is 13.7. The van der Waals surface area contributed by atoms with Crippen molar-refractivity contribution in [1.82, 2.24) is 4.98 Å². The van der Waals surface area contributed by atoms with Crippen molar-refractivity contribution in [2.24, 2.45) is 11.1 Å². The lowest BCUT2D eigenvalue weighted by atomic mass is 9.87. The second-order valence-electron chi connectivity index (χ2n) is 6.66. The Morgan fingerprint density at radius 1 is 1.32 bits per heavy atom. The van der Waals surface area contributed by atoms with E-state index in [1.165, 1.54) is 0 Å². The van der Waals surface area contributed by atoms with Crippen LogP contribution in [0.1, 0.15) is 32.0 Å². The summed E-state index contributed by atoms with van der Waals surface area (Å²) >= 11 is 0. The van der Waals surface area contributed by atoms with Gasteiger partial charge in [-0.3, -0.25) is 4.79 Å². The summed E-state index contributed by atoms with van der Waals surface area (Å²) in [5, 5.41) is 2.86. The first-order valence-electron chi connectivity index (χ1n) is 7.28. The molecule has 1 amide bonds. The standard InChI is InChI=1S/C17H23N3O2/c1-10-6-7-12(20-15(21)14(18)17(3,4)5)8-13(10)16-19-11(2)9-22-16/h6-9,14H,18H2,1-5H3,(H,20,21)/t14-/m1/s1. The van der Waals surface area contributed by atoms with Crippen LogP contribution in [0.4, 0.5) is 5.69 Å². The molecule has 118 valence electrons. The molecule has 0 aliphatic rings. The summed E-state index contributed by atoms with van der Waals surface area (Å²) in [6.45, 7) is 9.66. The smallest absolute Gasteiger partial charge is 0.241 e. The van der Waals surface area contributed by atoms with Crippen LogP contribution in [-0.2, 0) is 4.79 Å². The number of carbonyl (C=O) groups is 1. The van der Waals surface area contributed by atoms with E-state index in [0.29, 0.717) is 11.6 Å². The van der Waals surface area contributed by atoms with Gasteiger partial charge in [0.05, 0.1) is 11.7 Å². The molecular formula is C17H23N3O2. The van der Waals surface area contributed by atoms with Crippen molar-refractivity contribution in [2.75, 3.05) is 5.32 Å². The quantitative estimate of drug-likeness (QED) is 0.911. The number of nitrogens with two attached hydrogens (primary N) is 1. The maximum atomic E-state index is 12.2. The fourth-order valence-electron chi connectivity index (χ4n) is 2.02. The van der Waals surface area contributed by atoms with Gasteiger partial charge in [-0.1, -0.05) is 26.8 Å². The number of hydrogen-bond acceptors (Lipinski definition) is 4. The number of hydrogen-bond donors (Lipinski definition) is 2. The zero-order valence-electron chi connectivity index (χ0n) is 13.7. The van der Waals surface area contributed by atoms with E-state index in [1.54, 1.807) is 6.26 Å². The molecule has 1 atom stereocenters. The van der Waals surface area contributed by atoms with Gasteiger partial charge in [-0.25, -0.2) is 4.98 Å². The highest BCUT2D eigenvalue weighted by Gasteiger charge is 2.27. The Bertz CT molecular complexity index is 683. The molecule has 0 aliphatic heterocycles. The largest absolute Gasteiger partial charge is 0.444 e. The minimum Gasteiger partial charge on any atom is -0.444 e. The van der Waals surface area contributed by atoms with Gasteiger partial charge in [-0.05, 0) is 37.0 Å².